The van der Waals surface area contributed by atoms with Gasteiger partial charge in [0.25, 0.3) is 0 Å². The highest BCUT2D eigenvalue weighted by Crippen LogP contribution is 2.31. The van der Waals surface area contributed by atoms with Gasteiger partial charge in [-0.2, -0.15) is 0 Å². The highest BCUT2D eigenvalue weighted by Gasteiger charge is 2.27. The Hall–Kier alpha value is -1.13. The summed E-state index contributed by atoms with van der Waals surface area (Å²) in [4.78, 5) is 17.9. The SMILES string of the molecule is Cc1c[nH]c(CN2CCC(C3CCNCC3)CC2)c(C)c1=O. The zero-order valence-corrected chi connectivity index (χ0v) is 14.0. The van der Waals surface area contributed by atoms with Crippen LogP contribution in [0.2, 0.25) is 0 Å². The van der Waals surface area contributed by atoms with Crippen LogP contribution >= 0.6 is 0 Å². The molecule has 3 heterocycles. The van der Waals surface area contributed by atoms with Gasteiger partial charge < -0.3 is 10.3 Å². The van der Waals surface area contributed by atoms with E-state index in [1.165, 1.54) is 51.9 Å². The lowest BCUT2D eigenvalue weighted by Gasteiger charge is -2.37. The first-order valence-corrected chi connectivity index (χ1v) is 8.76. The number of aromatic amines is 1. The number of likely N-dealkylation sites (tertiary alicyclic amines) is 1. The van der Waals surface area contributed by atoms with Crippen molar-refractivity contribution < 1.29 is 0 Å². The average Bonchev–Trinajstić information content (AvgIpc) is 2.57. The van der Waals surface area contributed by atoms with Crippen molar-refractivity contribution in [2.75, 3.05) is 26.2 Å². The van der Waals surface area contributed by atoms with Crippen LogP contribution in [0.5, 0.6) is 0 Å². The fourth-order valence-corrected chi connectivity index (χ4v) is 4.09. The molecule has 1 aromatic rings. The molecule has 3 rings (SSSR count). The molecule has 0 amide bonds. The van der Waals surface area contributed by atoms with Crippen molar-refractivity contribution in [3.8, 4) is 0 Å². The van der Waals surface area contributed by atoms with E-state index in [-0.39, 0.29) is 5.43 Å². The Kier molecular flexibility index (Phi) is 4.99. The van der Waals surface area contributed by atoms with Gasteiger partial charge in [0.15, 0.2) is 5.43 Å². The zero-order valence-electron chi connectivity index (χ0n) is 14.0. The third-order valence-electron chi connectivity index (χ3n) is 5.68. The monoisotopic (exact) mass is 303 g/mol. The number of hydrogen-bond donors (Lipinski definition) is 2. The van der Waals surface area contributed by atoms with Crippen molar-refractivity contribution in [2.45, 2.75) is 46.1 Å². The molecule has 2 aliphatic rings. The van der Waals surface area contributed by atoms with E-state index >= 15 is 0 Å². The van der Waals surface area contributed by atoms with Crippen LogP contribution < -0.4 is 10.7 Å². The summed E-state index contributed by atoms with van der Waals surface area (Å²) in [6, 6.07) is 0. The van der Waals surface area contributed by atoms with Crippen molar-refractivity contribution in [1.29, 1.82) is 0 Å². The van der Waals surface area contributed by atoms with Gasteiger partial charge in [-0.15, -0.1) is 0 Å². The molecule has 4 heteroatoms. The highest BCUT2D eigenvalue weighted by atomic mass is 16.1. The number of piperidine rings is 2. The number of aryl methyl sites for hydroxylation is 1. The molecule has 22 heavy (non-hydrogen) atoms. The molecule has 2 aliphatic heterocycles. The molecule has 4 nitrogen and oxygen atoms in total. The van der Waals surface area contributed by atoms with Crippen LogP contribution in [0.15, 0.2) is 11.0 Å². The summed E-state index contributed by atoms with van der Waals surface area (Å²) in [5, 5.41) is 3.47. The minimum Gasteiger partial charge on any atom is -0.363 e. The fraction of sp³-hybridized carbons (Fsp3) is 0.722. The van der Waals surface area contributed by atoms with E-state index in [0.717, 1.165) is 35.2 Å². The summed E-state index contributed by atoms with van der Waals surface area (Å²) in [7, 11) is 0. The molecule has 2 N–H and O–H groups in total. The van der Waals surface area contributed by atoms with Crippen molar-refractivity contribution in [3.05, 3.63) is 33.2 Å². The number of aromatic nitrogens is 1. The smallest absolute Gasteiger partial charge is 0.187 e. The molecule has 0 radical (unpaired) electrons. The molecule has 2 fully saturated rings. The van der Waals surface area contributed by atoms with Crippen LogP contribution in [0.25, 0.3) is 0 Å². The molecule has 1 aromatic heterocycles. The van der Waals surface area contributed by atoms with Crippen molar-refractivity contribution in [1.82, 2.24) is 15.2 Å². The summed E-state index contributed by atoms with van der Waals surface area (Å²) in [5.41, 5.74) is 2.99. The summed E-state index contributed by atoms with van der Waals surface area (Å²) < 4.78 is 0. The molecule has 0 bridgehead atoms. The first-order valence-electron chi connectivity index (χ1n) is 8.76. The Morgan fingerprint density at radius 2 is 1.73 bits per heavy atom. The third-order valence-corrected chi connectivity index (χ3v) is 5.68. The molecular formula is C18H29N3O. The number of pyridine rings is 1. The second-order valence-electron chi connectivity index (χ2n) is 7.11. The van der Waals surface area contributed by atoms with Gasteiger partial charge in [0.05, 0.1) is 0 Å². The zero-order chi connectivity index (χ0) is 15.5. The van der Waals surface area contributed by atoms with Gasteiger partial charge in [-0.25, -0.2) is 0 Å². The highest BCUT2D eigenvalue weighted by molar-refractivity contribution is 5.23. The Bertz CT molecular complexity index is 552. The van der Waals surface area contributed by atoms with Crippen molar-refractivity contribution >= 4 is 0 Å². The topological polar surface area (TPSA) is 48.1 Å². The van der Waals surface area contributed by atoms with Crippen LogP contribution in [0.3, 0.4) is 0 Å². The minimum atomic E-state index is 0.193. The van der Waals surface area contributed by atoms with Gasteiger partial charge in [0, 0.05) is 29.6 Å². The van der Waals surface area contributed by atoms with Gasteiger partial charge in [0.1, 0.15) is 0 Å². The first kappa shape index (κ1) is 15.8. The van der Waals surface area contributed by atoms with E-state index in [9.17, 15) is 4.79 Å². The Morgan fingerprint density at radius 1 is 1.09 bits per heavy atom. The van der Waals surface area contributed by atoms with Crippen LogP contribution in [-0.2, 0) is 6.54 Å². The molecule has 0 atom stereocenters. The second-order valence-corrected chi connectivity index (χ2v) is 7.11. The number of rotatable bonds is 3. The molecule has 0 aliphatic carbocycles. The lowest BCUT2D eigenvalue weighted by Crippen LogP contribution is -2.39. The maximum Gasteiger partial charge on any atom is 0.187 e. The van der Waals surface area contributed by atoms with E-state index in [0.29, 0.717) is 0 Å². The lowest BCUT2D eigenvalue weighted by atomic mass is 9.79. The van der Waals surface area contributed by atoms with E-state index in [1.807, 2.05) is 20.0 Å². The van der Waals surface area contributed by atoms with Gasteiger partial charge in [0.2, 0.25) is 0 Å². The molecule has 0 saturated carbocycles. The summed E-state index contributed by atoms with van der Waals surface area (Å²) >= 11 is 0. The van der Waals surface area contributed by atoms with E-state index in [4.69, 9.17) is 0 Å². The molecule has 0 aromatic carbocycles. The van der Waals surface area contributed by atoms with E-state index in [2.05, 4.69) is 15.2 Å². The second kappa shape index (κ2) is 6.97. The minimum absolute atomic E-state index is 0.193. The fourth-order valence-electron chi connectivity index (χ4n) is 4.09. The predicted octanol–water partition coefficient (Wildman–Crippen LogP) is 2.20. The van der Waals surface area contributed by atoms with Gasteiger partial charge in [-0.1, -0.05) is 0 Å². The van der Waals surface area contributed by atoms with Crippen LogP contribution in [0.4, 0.5) is 0 Å². The molecule has 2 saturated heterocycles. The van der Waals surface area contributed by atoms with Crippen molar-refractivity contribution in [3.63, 3.8) is 0 Å². The predicted molar refractivity (Wildman–Crippen MR) is 90.1 cm³/mol. The largest absolute Gasteiger partial charge is 0.363 e. The number of hydrogen-bond acceptors (Lipinski definition) is 3. The van der Waals surface area contributed by atoms with Crippen LogP contribution in [-0.4, -0.2) is 36.1 Å². The maximum atomic E-state index is 12.0. The molecule has 122 valence electrons. The normalized spacial score (nSPS) is 22.1. The molecular weight excluding hydrogens is 274 g/mol. The quantitative estimate of drug-likeness (QED) is 0.900. The Morgan fingerprint density at radius 3 is 2.41 bits per heavy atom. The summed E-state index contributed by atoms with van der Waals surface area (Å²) in [5.74, 6) is 1.85. The summed E-state index contributed by atoms with van der Waals surface area (Å²) in [6.45, 7) is 9.46. The molecule has 0 unspecified atom stereocenters. The Balaban J connectivity index is 1.56. The maximum absolute atomic E-state index is 12.0. The van der Waals surface area contributed by atoms with Gasteiger partial charge >= 0.3 is 0 Å². The summed E-state index contributed by atoms with van der Waals surface area (Å²) in [6.07, 6.45) is 7.20. The van der Waals surface area contributed by atoms with Crippen LogP contribution in [0.1, 0.15) is 42.5 Å². The average molecular weight is 303 g/mol. The number of nitrogens with zero attached hydrogens (tertiary/aromatic N) is 1. The third kappa shape index (κ3) is 3.44. The standard InChI is InChI=1S/C18H29N3O/c1-13-11-20-17(14(2)18(13)22)12-21-9-5-16(6-10-21)15-3-7-19-8-4-15/h11,15-16,19H,3-10,12H2,1-2H3,(H,20,22). The van der Waals surface area contributed by atoms with Gasteiger partial charge in [-0.05, 0) is 77.5 Å². The Labute approximate surface area is 133 Å². The van der Waals surface area contributed by atoms with E-state index in [1.54, 1.807) is 0 Å². The lowest BCUT2D eigenvalue weighted by molar-refractivity contribution is 0.125. The first-order chi connectivity index (χ1) is 10.6. The molecule has 0 spiro atoms. The number of H-pyrrole nitrogens is 1. The van der Waals surface area contributed by atoms with E-state index < -0.39 is 0 Å². The van der Waals surface area contributed by atoms with Gasteiger partial charge in [-0.3, -0.25) is 9.69 Å². The number of nitrogens with one attached hydrogen (secondary N) is 2. The van der Waals surface area contributed by atoms with Crippen molar-refractivity contribution in [2.24, 2.45) is 11.8 Å². The van der Waals surface area contributed by atoms with Crippen LogP contribution in [0, 0.1) is 25.7 Å².